The number of phenolic OH excluding ortho intramolecular Hbond substituents is 4. The van der Waals surface area contributed by atoms with Crippen LogP contribution in [-0.4, -0.2) is 92.0 Å². The minimum atomic E-state index is -1.26. The van der Waals surface area contributed by atoms with Gasteiger partial charge in [0.1, 0.15) is 12.1 Å². The van der Waals surface area contributed by atoms with Crippen LogP contribution >= 0.6 is 0 Å². The van der Waals surface area contributed by atoms with E-state index in [0.29, 0.717) is 17.9 Å². The quantitative estimate of drug-likeness (QED) is 0.0942. The van der Waals surface area contributed by atoms with Crippen molar-refractivity contribution in [2.45, 2.75) is 37.8 Å². The van der Waals surface area contributed by atoms with Gasteiger partial charge in [0.2, 0.25) is 11.8 Å². The summed E-state index contributed by atoms with van der Waals surface area (Å²) < 4.78 is 0. The Kier molecular flexibility index (Phi) is 10.3. The lowest BCUT2D eigenvalue weighted by atomic mass is 10.1. The number of piperidine rings is 1. The number of nitrogens with one attached hydrogen (secondary N) is 4. The summed E-state index contributed by atoms with van der Waals surface area (Å²) in [7, 11) is 0. The number of hydrogen-bond acceptors (Lipinski definition) is 10. The third kappa shape index (κ3) is 7.98. The molecule has 2 aromatic rings. The summed E-state index contributed by atoms with van der Waals surface area (Å²) in [5.41, 5.74) is -0.476. The molecule has 5 amide bonds. The molecular weight excluding hydrogens is 542 g/mol. The van der Waals surface area contributed by atoms with Crippen molar-refractivity contribution in [3.8, 4) is 23.0 Å². The third-order valence-corrected chi connectivity index (χ3v) is 6.27. The highest BCUT2D eigenvalue weighted by Crippen LogP contribution is 2.29. The van der Waals surface area contributed by atoms with Crippen molar-refractivity contribution in [2.24, 2.45) is 0 Å². The lowest BCUT2D eigenvalue weighted by Gasteiger charge is -2.28. The molecule has 15 heteroatoms. The number of aromatic hydroxyl groups is 4. The number of amides is 5. The first-order valence-electron chi connectivity index (χ1n) is 12.7. The van der Waals surface area contributed by atoms with Crippen molar-refractivity contribution in [2.75, 3.05) is 19.6 Å². The summed E-state index contributed by atoms with van der Waals surface area (Å²) in [6.07, 6.45) is 0.862. The molecule has 0 aromatic heterocycles. The maximum Gasteiger partial charge on any atom is 0.268 e. The second-order valence-corrected chi connectivity index (χ2v) is 9.21. The molecule has 0 spiro atoms. The van der Waals surface area contributed by atoms with Crippen molar-refractivity contribution in [3.05, 3.63) is 47.5 Å². The van der Waals surface area contributed by atoms with Crippen molar-refractivity contribution in [1.29, 1.82) is 0 Å². The molecule has 1 aliphatic heterocycles. The minimum Gasteiger partial charge on any atom is -0.504 e. The van der Waals surface area contributed by atoms with Crippen LogP contribution in [0.1, 0.15) is 46.4 Å². The van der Waals surface area contributed by atoms with Gasteiger partial charge in [0.05, 0.1) is 17.7 Å². The monoisotopic (exact) mass is 573 g/mol. The molecule has 0 unspecified atom stereocenters. The van der Waals surface area contributed by atoms with E-state index in [1.807, 2.05) is 0 Å². The van der Waals surface area contributed by atoms with E-state index in [2.05, 4.69) is 21.3 Å². The number of phenols is 4. The largest absolute Gasteiger partial charge is 0.504 e. The Labute approximate surface area is 233 Å². The maximum absolute atomic E-state index is 12.9. The molecule has 1 heterocycles. The van der Waals surface area contributed by atoms with Crippen molar-refractivity contribution in [1.82, 2.24) is 26.3 Å². The predicted molar refractivity (Wildman–Crippen MR) is 140 cm³/mol. The van der Waals surface area contributed by atoms with E-state index in [4.69, 9.17) is 0 Å². The molecule has 220 valence electrons. The SMILES string of the molecule is O=C(CNC(=O)[C@@H](CCCNC(=O)c1cccc(O)c1O)NC(=O)c1cccc(O)c1O)N[C@H]1CCCN(O)C1=O. The van der Waals surface area contributed by atoms with E-state index in [9.17, 15) is 49.6 Å². The van der Waals surface area contributed by atoms with Gasteiger partial charge in [-0.3, -0.25) is 29.2 Å². The van der Waals surface area contributed by atoms with Gasteiger partial charge in [0.15, 0.2) is 23.0 Å². The molecule has 41 heavy (non-hydrogen) atoms. The van der Waals surface area contributed by atoms with Crippen molar-refractivity contribution in [3.63, 3.8) is 0 Å². The molecule has 15 nitrogen and oxygen atoms in total. The van der Waals surface area contributed by atoms with E-state index >= 15 is 0 Å². The Morgan fingerprint density at radius 1 is 0.902 bits per heavy atom. The van der Waals surface area contributed by atoms with Crippen LogP contribution in [0.4, 0.5) is 0 Å². The first-order valence-corrected chi connectivity index (χ1v) is 12.7. The number of carbonyl (C=O) groups is 5. The van der Waals surface area contributed by atoms with Gasteiger partial charge in [0.25, 0.3) is 17.7 Å². The Hall–Kier alpha value is -5.05. The number of rotatable bonds is 11. The summed E-state index contributed by atoms with van der Waals surface area (Å²) in [6.45, 7) is -0.411. The number of nitrogens with zero attached hydrogens (tertiary/aromatic N) is 1. The summed E-state index contributed by atoms with van der Waals surface area (Å²) in [4.78, 5) is 62.3. The molecule has 0 saturated carbocycles. The smallest absolute Gasteiger partial charge is 0.268 e. The molecule has 0 bridgehead atoms. The molecule has 0 radical (unpaired) electrons. The Bertz CT molecular complexity index is 1320. The minimum absolute atomic E-state index is 0.00705. The molecule has 1 fully saturated rings. The highest BCUT2D eigenvalue weighted by molar-refractivity contribution is 6.00. The van der Waals surface area contributed by atoms with E-state index in [0.717, 1.165) is 6.07 Å². The van der Waals surface area contributed by atoms with E-state index in [1.54, 1.807) is 0 Å². The standard InChI is InChI=1S/C26H31N5O10/c32-18-9-1-5-14(21(18)35)23(37)27-11-3-7-16(30-24(38)15-6-2-10-19(33)22(15)36)25(39)28-13-20(34)29-17-8-4-12-31(41)26(17)40/h1-2,5-6,9-10,16-17,32-33,35-36,41H,3-4,7-8,11-13H2,(H,27,37)(H,28,39)(H,29,34)(H,30,38)/t16-,17+/m1/s1. The maximum atomic E-state index is 12.9. The molecule has 9 N–H and O–H groups in total. The van der Waals surface area contributed by atoms with Crippen LogP contribution in [0.5, 0.6) is 23.0 Å². The van der Waals surface area contributed by atoms with Crippen LogP contribution in [0.15, 0.2) is 36.4 Å². The number of hydrogen-bond donors (Lipinski definition) is 9. The normalized spacial score (nSPS) is 15.5. The lowest BCUT2D eigenvalue weighted by molar-refractivity contribution is -0.173. The van der Waals surface area contributed by atoms with Gasteiger partial charge in [-0.25, -0.2) is 5.06 Å². The number of hydroxylamine groups is 2. The summed E-state index contributed by atoms with van der Waals surface area (Å²) in [5, 5.41) is 58.9. The number of para-hydroxylation sites is 2. The van der Waals surface area contributed by atoms with Gasteiger partial charge in [-0.1, -0.05) is 12.1 Å². The molecular formula is C26H31N5O10. The van der Waals surface area contributed by atoms with Crippen LogP contribution in [0.2, 0.25) is 0 Å². The van der Waals surface area contributed by atoms with E-state index in [-0.39, 0.29) is 37.1 Å². The first-order chi connectivity index (χ1) is 19.5. The zero-order chi connectivity index (χ0) is 30.1. The highest BCUT2D eigenvalue weighted by atomic mass is 16.5. The van der Waals surface area contributed by atoms with Gasteiger partial charge >= 0.3 is 0 Å². The third-order valence-electron chi connectivity index (χ3n) is 6.27. The second kappa shape index (κ2) is 13.8. The molecule has 2 atom stereocenters. The van der Waals surface area contributed by atoms with Crippen molar-refractivity contribution < 1.29 is 49.6 Å². The topological polar surface area (TPSA) is 238 Å². The molecule has 2 aromatic carbocycles. The molecule has 1 saturated heterocycles. The fourth-order valence-electron chi connectivity index (χ4n) is 4.07. The van der Waals surface area contributed by atoms with Gasteiger partial charge in [-0.05, 0) is 49.9 Å². The van der Waals surface area contributed by atoms with Crippen LogP contribution in [-0.2, 0) is 14.4 Å². The summed E-state index contributed by atoms with van der Waals surface area (Å²) in [5.74, 6) is -6.07. The molecule has 3 rings (SSSR count). The number of carbonyl (C=O) groups excluding carboxylic acids is 5. The van der Waals surface area contributed by atoms with Crippen LogP contribution < -0.4 is 21.3 Å². The van der Waals surface area contributed by atoms with Gasteiger partial charge < -0.3 is 41.7 Å². The summed E-state index contributed by atoms with van der Waals surface area (Å²) >= 11 is 0. The Balaban J connectivity index is 1.61. The zero-order valence-electron chi connectivity index (χ0n) is 21.8. The fourth-order valence-corrected chi connectivity index (χ4v) is 4.07. The molecule has 0 aliphatic carbocycles. The first kappa shape index (κ1) is 30.5. The average molecular weight is 574 g/mol. The van der Waals surface area contributed by atoms with Crippen LogP contribution in [0, 0.1) is 0 Å². The Morgan fingerprint density at radius 2 is 1.51 bits per heavy atom. The van der Waals surface area contributed by atoms with Crippen LogP contribution in [0.25, 0.3) is 0 Å². The number of benzene rings is 2. The van der Waals surface area contributed by atoms with Gasteiger partial charge in [-0.15, -0.1) is 0 Å². The van der Waals surface area contributed by atoms with Gasteiger partial charge in [-0.2, -0.15) is 0 Å². The van der Waals surface area contributed by atoms with Crippen molar-refractivity contribution >= 4 is 29.5 Å². The van der Waals surface area contributed by atoms with Gasteiger partial charge in [0, 0.05) is 13.1 Å². The fraction of sp³-hybridized carbons (Fsp3) is 0.346. The average Bonchev–Trinajstić information content (AvgIpc) is 2.94. The van der Waals surface area contributed by atoms with E-state index < -0.39 is 71.2 Å². The summed E-state index contributed by atoms with van der Waals surface area (Å²) in [6, 6.07) is 5.37. The highest BCUT2D eigenvalue weighted by Gasteiger charge is 2.30. The van der Waals surface area contributed by atoms with Crippen LogP contribution in [0.3, 0.4) is 0 Å². The second-order valence-electron chi connectivity index (χ2n) is 9.21. The molecule has 1 aliphatic rings. The van der Waals surface area contributed by atoms with E-state index in [1.165, 1.54) is 30.3 Å². The lowest BCUT2D eigenvalue weighted by Crippen LogP contribution is -2.54. The Morgan fingerprint density at radius 3 is 2.15 bits per heavy atom. The predicted octanol–water partition coefficient (Wildman–Crippen LogP) is -0.570. The zero-order valence-corrected chi connectivity index (χ0v) is 21.8.